The summed E-state index contributed by atoms with van der Waals surface area (Å²) in [4.78, 5) is 26.6. The lowest BCUT2D eigenvalue weighted by Crippen LogP contribution is -2.25. The van der Waals surface area contributed by atoms with E-state index in [1.807, 2.05) is 32.6 Å². The van der Waals surface area contributed by atoms with Crippen LogP contribution < -0.4 is 15.5 Å². The van der Waals surface area contributed by atoms with Crippen molar-refractivity contribution < 1.29 is 35.5 Å². The summed E-state index contributed by atoms with van der Waals surface area (Å²) in [6, 6.07) is 14.5. The van der Waals surface area contributed by atoms with Gasteiger partial charge in [-0.2, -0.15) is 27.2 Å². The van der Waals surface area contributed by atoms with E-state index in [1.165, 1.54) is 35.9 Å². The van der Waals surface area contributed by atoms with Crippen LogP contribution in [0, 0.1) is 11.3 Å². The van der Waals surface area contributed by atoms with E-state index in [1.54, 1.807) is 18.2 Å². The number of nitrogens with one attached hydrogen (secondary N) is 2. The fraction of sp³-hybridized carbons (Fsp3) is 0.294. The van der Waals surface area contributed by atoms with Crippen molar-refractivity contribution in [1.29, 1.82) is 5.26 Å². The summed E-state index contributed by atoms with van der Waals surface area (Å²) in [5.41, 5.74) is 0.952. The molecule has 0 aliphatic rings. The minimum atomic E-state index is -4.56. The van der Waals surface area contributed by atoms with E-state index in [0.29, 0.717) is 24.5 Å². The number of nitrogens with zero attached hydrogens (tertiary/aromatic N) is 6. The summed E-state index contributed by atoms with van der Waals surface area (Å²) >= 11 is 13.5. The highest BCUT2D eigenvalue weighted by atomic mass is 35.5. The van der Waals surface area contributed by atoms with Gasteiger partial charge in [-0.1, -0.05) is 50.0 Å². The Balaban J connectivity index is 1.78. The first-order valence-electron chi connectivity index (χ1n) is 16.1. The standard InChI is InChI=1S/C34H36Cl2N8O8S2/c1-6-43(13-8-14-53(47,48)49)23-11-12-28(29(18-23)38-20(2)45)40-41-32-25(19-37)31(34(3,4)5)42-44(32)30-26(35)16-22(17-27(30)36)39-33(46)21-9-7-10-24(15-21)54(50,51)52/h7,9-12,15-18H,6,8,13-14H2,1-5H3,(H,38,45)(H,39,46)(H,47,48,49)(H,50,51,52)/b41-40+. The third-order valence-corrected chi connectivity index (χ3v) is 9.91. The number of carbonyl (C=O) groups excluding carboxylic acids is 2. The van der Waals surface area contributed by atoms with Gasteiger partial charge in [0.15, 0.2) is 5.82 Å². The lowest BCUT2D eigenvalue weighted by atomic mass is 9.90. The Morgan fingerprint density at radius 2 is 1.67 bits per heavy atom. The Hall–Kier alpha value is -4.90. The number of benzene rings is 3. The monoisotopic (exact) mass is 818 g/mol. The van der Waals surface area contributed by atoms with Crippen LogP contribution in [0.4, 0.5) is 28.6 Å². The zero-order valence-corrected chi connectivity index (χ0v) is 32.8. The van der Waals surface area contributed by atoms with Crippen LogP contribution >= 0.6 is 23.2 Å². The fourth-order valence-corrected chi connectivity index (χ4v) is 6.90. The second-order valence-electron chi connectivity index (χ2n) is 12.9. The molecule has 16 nitrogen and oxygen atoms in total. The second-order valence-corrected chi connectivity index (χ2v) is 16.7. The van der Waals surface area contributed by atoms with Gasteiger partial charge in [0, 0.05) is 42.4 Å². The normalized spacial score (nSPS) is 12.1. The molecule has 0 atom stereocenters. The topological polar surface area (TPSA) is 237 Å². The van der Waals surface area contributed by atoms with E-state index >= 15 is 0 Å². The maximum Gasteiger partial charge on any atom is 0.294 e. The Labute approximate surface area is 322 Å². The van der Waals surface area contributed by atoms with Crippen molar-refractivity contribution in [2.75, 3.05) is 34.4 Å². The zero-order valence-electron chi connectivity index (χ0n) is 29.6. The molecule has 4 N–H and O–H groups in total. The van der Waals surface area contributed by atoms with Gasteiger partial charge < -0.3 is 15.5 Å². The van der Waals surface area contributed by atoms with E-state index in [9.17, 15) is 36.2 Å². The number of hydrogen-bond acceptors (Lipinski definition) is 11. The molecule has 0 aliphatic heterocycles. The summed E-state index contributed by atoms with van der Waals surface area (Å²) in [5.74, 6) is -1.60. The Bertz CT molecular complexity index is 2380. The second kappa shape index (κ2) is 16.6. The molecule has 0 unspecified atom stereocenters. The number of carbonyl (C=O) groups is 2. The Kier molecular flexibility index (Phi) is 12.9. The van der Waals surface area contributed by atoms with Gasteiger partial charge in [-0.15, -0.1) is 10.2 Å². The number of aromatic nitrogens is 2. The van der Waals surface area contributed by atoms with Gasteiger partial charge in [0.1, 0.15) is 23.0 Å². The molecule has 3 aromatic carbocycles. The van der Waals surface area contributed by atoms with Gasteiger partial charge >= 0.3 is 0 Å². The lowest BCUT2D eigenvalue weighted by molar-refractivity contribution is -0.114. The average Bonchev–Trinajstić information content (AvgIpc) is 3.43. The van der Waals surface area contributed by atoms with Crippen LogP contribution in [0.25, 0.3) is 5.69 Å². The number of amides is 2. The number of nitriles is 1. The third-order valence-electron chi connectivity index (χ3n) is 7.68. The molecule has 0 saturated heterocycles. The van der Waals surface area contributed by atoms with E-state index in [4.69, 9.17) is 27.8 Å². The quantitative estimate of drug-likeness (QED) is 0.0770. The highest BCUT2D eigenvalue weighted by Crippen LogP contribution is 2.40. The van der Waals surface area contributed by atoms with Crippen molar-refractivity contribution in [2.45, 2.75) is 51.3 Å². The van der Waals surface area contributed by atoms with Crippen LogP contribution in [-0.2, 0) is 30.4 Å². The largest absolute Gasteiger partial charge is 0.372 e. The summed E-state index contributed by atoms with van der Waals surface area (Å²) in [7, 11) is -8.70. The first-order chi connectivity index (χ1) is 25.1. The predicted molar refractivity (Wildman–Crippen MR) is 205 cm³/mol. The van der Waals surface area contributed by atoms with Crippen LogP contribution in [0.3, 0.4) is 0 Å². The molecule has 0 saturated carbocycles. The highest BCUT2D eigenvalue weighted by Gasteiger charge is 2.30. The maximum atomic E-state index is 13.0. The lowest BCUT2D eigenvalue weighted by Gasteiger charge is -2.24. The van der Waals surface area contributed by atoms with E-state index in [-0.39, 0.29) is 56.2 Å². The zero-order chi connectivity index (χ0) is 40.2. The first kappa shape index (κ1) is 41.9. The van der Waals surface area contributed by atoms with E-state index in [2.05, 4.69) is 32.0 Å². The van der Waals surface area contributed by atoms with E-state index in [0.717, 1.165) is 12.1 Å². The molecule has 54 heavy (non-hydrogen) atoms. The van der Waals surface area contributed by atoms with Crippen molar-refractivity contribution >= 4 is 83.8 Å². The van der Waals surface area contributed by atoms with Gasteiger partial charge in [-0.25, -0.2) is 4.68 Å². The highest BCUT2D eigenvalue weighted by molar-refractivity contribution is 7.86. The molecule has 2 amide bonds. The molecular formula is C34H36Cl2N8O8S2. The van der Waals surface area contributed by atoms with Crippen molar-refractivity contribution in [3.8, 4) is 11.8 Å². The molecule has 0 fully saturated rings. The number of rotatable bonds is 13. The summed E-state index contributed by atoms with van der Waals surface area (Å²) in [6.45, 7) is 9.46. The third kappa shape index (κ3) is 10.4. The number of halogens is 2. The summed E-state index contributed by atoms with van der Waals surface area (Å²) < 4.78 is 65.3. The molecule has 0 radical (unpaired) electrons. The SMILES string of the molecule is CCN(CCCS(=O)(=O)O)c1ccc(/N=N/c2c(C#N)c(C(C)(C)C)nn2-c2c(Cl)cc(NC(=O)c3cccc(S(=O)(=O)O)c3)cc2Cl)c(NC(C)=O)c1. The average molecular weight is 820 g/mol. The minimum absolute atomic E-state index is 0.0228. The van der Waals surface area contributed by atoms with Crippen LogP contribution in [0.2, 0.25) is 10.0 Å². The smallest absolute Gasteiger partial charge is 0.294 e. The van der Waals surface area contributed by atoms with Crippen LogP contribution in [-0.4, -0.2) is 66.4 Å². The van der Waals surface area contributed by atoms with Crippen LogP contribution in [0.1, 0.15) is 62.7 Å². The van der Waals surface area contributed by atoms with Gasteiger partial charge in [0.05, 0.1) is 32.1 Å². The van der Waals surface area contributed by atoms with Crippen LogP contribution in [0.5, 0.6) is 0 Å². The van der Waals surface area contributed by atoms with Crippen molar-refractivity contribution in [2.24, 2.45) is 10.2 Å². The Morgan fingerprint density at radius 3 is 2.22 bits per heavy atom. The summed E-state index contributed by atoms with van der Waals surface area (Å²) in [5, 5.41) is 29.0. The first-order valence-corrected chi connectivity index (χ1v) is 19.9. The molecule has 0 bridgehead atoms. The summed E-state index contributed by atoms with van der Waals surface area (Å²) in [6.07, 6.45) is 0.157. The molecule has 1 heterocycles. The molecule has 1 aromatic heterocycles. The molecular weight excluding hydrogens is 783 g/mol. The number of hydrogen-bond donors (Lipinski definition) is 4. The molecule has 286 valence electrons. The Morgan fingerprint density at radius 1 is 1.00 bits per heavy atom. The number of anilines is 3. The molecule has 20 heteroatoms. The van der Waals surface area contributed by atoms with Crippen molar-refractivity contribution in [3.05, 3.63) is 81.5 Å². The fourth-order valence-electron chi connectivity index (χ4n) is 5.23. The number of azo groups is 1. The van der Waals surface area contributed by atoms with Gasteiger partial charge in [-0.3, -0.25) is 18.7 Å². The molecule has 4 aromatic rings. The van der Waals surface area contributed by atoms with Crippen molar-refractivity contribution in [3.63, 3.8) is 0 Å². The van der Waals surface area contributed by atoms with Crippen molar-refractivity contribution in [1.82, 2.24) is 9.78 Å². The van der Waals surface area contributed by atoms with Gasteiger partial charge in [-0.05, 0) is 61.9 Å². The minimum Gasteiger partial charge on any atom is -0.372 e. The van der Waals surface area contributed by atoms with E-state index < -0.39 is 48.1 Å². The van der Waals surface area contributed by atoms with Gasteiger partial charge in [0.25, 0.3) is 26.1 Å². The molecule has 0 aliphatic carbocycles. The molecule has 4 rings (SSSR count). The predicted octanol–water partition coefficient (Wildman–Crippen LogP) is 7.33. The maximum absolute atomic E-state index is 13.0. The molecule has 0 spiro atoms. The van der Waals surface area contributed by atoms with Crippen LogP contribution in [0.15, 0.2) is 69.7 Å². The van der Waals surface area contributed by atoms with Gasteiger partial charge in [0.2, 0.25) is 5.91 Å².